The van der Waals surface area contributed by atoms with Crippen LogP contribution in [0.25, 0.3) is 0 Å². The summed E-state index contributed by atoms with van der Waals surface area (Å²) in [5.41, 5.74) is -0.0879. The van der Waals surface area contributed by atoms with Gasteiger partial charge in [-0.25, -0.2) is 18.3 Å². The maximum atomic E-state index is 14.0. The molecule has 0 spiro atoms. The van der Waals surface area contributed by atoms with Crippen LogP contribution in [-0.2, 0) is 31.4 Å². The molecule has 37 heavy (non-hydrogen) atoms. The number of hydrogen-bond acceptors (Lipinski definition) is 5. The normalized spacial score (nSPS) is 17.2. The van der Waals surface area contributed by atoms with Gasteiger partial charge in [0.1, 0.15) is 5.54 Å². The molecule has 1 aliphatic heterocycles. The van der Waals surface area contributed by atoms with E-state index in [0.717, 1.165) is 10.0 Å². The van der Waals surface area contributed by atoms with Crippen molar-refractivity contribution >= 4 is 72.4 Å². The van der Waals surface area contributed by atoms with Gasteiger partial charge in [-0.05, 0) is 49.2 Å². The minimum atomic E-state index is -3.89. The van der Waals surface area contributed by atoms with Gasteiger partial charge in [0.25, 0.3) is 5.91 Å². The van der Waals surface area contributed by atoms with Crippen molar-refractivity contribution < 1.29 is 18.0 Å². The Morgan fingerprint density at radius 3 is 2.32 bits per heavy atom. The largest absolute Gasteiger partial charge is 0.349 e. The lowest BCUT2D eigenvalue weighted by Crippen LogP contribution is -2.42. The number of imidazole rings is 1. The van der Waals surface area contributed by atoms with Crippen LogP contribution < -0.4 is 4.90 Å². The average molecular weight is 628 g/mol. The molecule has 2 aromatic carbocycles. The first-order valence-electron chi connectivity index (χ1n) is 11.4. The number of halogens is 3. The van der Waals surface area contributed by atoms with Gasteiger partial charge in [-0.3, -0.25) is 14.2 Å². The molecule has 1 atom stereocenters. The lowest BCUT2D eigenvalue weighted by Gasteiger charge is -2.26. The molecule has 12 heteroatoms. The smallest absolute Gasteiger partial charge is 0.260 e. The second-order valence-corrected chi connectivity index (χ2v) is 13.1. The van der Waals surface area contributed by atoms with Gasteiger partial charge in [-0.1, -0.05) is 51.3 Å². The minimum Gasteiger partial charge on any atom is -0.349 e. The van der Waals surface area contributed by atoms with Crippen LogP contribution in [-0.4, -0.2) is 54.5 Å². The van der Waals surface area contributed by atoms with Gasteiger partial charge in [0.05, 0.1) is 17.6 Å². The van der Waals surface area contributed by atoms with Crippen molar-refractivity contribution in [3.63, 3.8) is 0 Å². The molecule has 1 unspecified atom stereocenters. The quantitative estimate of drug-likeness (QED) is 0.341. The Bertz CT molecular complexity index is 1450. The first-order valence-corrected chi connectivity index (χ1v) is 14.6. The van der Waals surface area contributed by atoms with Crippen molar-refractivity contribution in [3.8, 4) is 0 Å². The molecule has 0 aliphatic carbocycles. The van der Waals surface area contributed by atoms with Crippen LogP contribution in [0.1, 0.15) is 25.3 Å². The zero-order chi connectivity index (χ0) is 27.1. The van der Waals surface area contributed by atoms with E-state index in [2.05, 4.69) is 20.9 Å². The van der Waals surface area contributed by atoms with Crippen molar-refractivity contribution in [2.45, 2.75) is 36.8 Å². The second kappa shape index (κ2) is 10.4. The van der Waals surface area contributed by atoms with E-state index in [9.17, 15) is 18.0 Å². The van der Waals surface area contributed by atoms with Gasteiger partial charge >= 0.3 is 0 Å². The molecule has 2 amide bonds. The van der Waals surface area contributed by atoms with Gasteiger partial charge in [-0.2, -0.15) is 0 Å². The van der Waals surface area contributed by atoms with E-state index >= 15 is 0 Å². The summed E-state index contributed by atoms with van der Waals surface area (Å²) in [5, 5.41) is 0.574. The van der Waals surface area contributed by atoms with E-state index in [1.807, 2.05) is 24.3 Å². The number of anilines is 2. The molecule has 0 radical (unpaired) electrons. The topological polar surface area (TPSA) is 92.6 Å². The first kappa shape index (κ1) is 27.6. The molecule has 0 bridgehead atoms. The van der Waals surface area contributed by atoms with E-state index in [0.29, 0.717) is 15.7 Å². The highest BCUT2D eigenvalue weighted by Gasteiger charge is 2.51. The summed E-state index contributed by atoms with van der Waals surface area (Å²) < 4.78 is 29.3. The van der Waals surface area contributed by atoms with E-state index in [-0.39, 0.29) is 47.8 Å². The molecule has 196 valence electrons. The van der Waals surface area contributed by atoms with Crippen LogP contribution in [0, 0.1) is 0 Å². The van der Waals surface area contributed by atoms with Gasteiger partial charge in [-0.15, -0.1) is 0 Å². The van der Waals surface area contributed by atoms with Crippen LogP contribution in [0.15, 0.2) is 58.2 Å². The summed E-state index contributed by atoms with van der Waals surface area (Å²) in [5.74, 6) is -0.626. The van der Waals surface area contributed by atoms with Crippen LogP contribution in [0.2, 0.25) is 10.0 Å². The molecule has 0 fully saturated rings. The Labute approximate surface area is 234 Å². The monoisotopic (exact) mass is 626 g/mol. The Morgan fingerprint density at radius 2 is 1.73 bits per heavy atom. The van der Waals surface area contributed by atoms with Gasteiger partial charge in [0.15, 0.2) is 14.9 Å². The van der Waals surface area contributed by atoms with Crippen LogP contribution in [0.4, 0.5) is 11.6 Å². The summed E-state index contributed by atoms with van der Waals surface area (Å²) >= 11 is 15.9. The molecule has 4 rings (SSSR count). The van der Waals surface area contributed by atoms with Crippen molar-refractivity contribution in [1.29, 1.82) is 0 Å². The Hall–Kier alpha value is -2.40. The van der Waals surface area contributed by atoms with E-state index in [4.69, 9.17) is 23.2 Å². The second-order valence-electron chi connectivity index (χ2n) is 9.29. The maximum Gasteiger partial charge on any atom is 0.260 e. The van der Waals surface area contributed by atoms with Crippen molar-refractivity contribution in [3.05, 3.63) is 68.7 Å². The SMILES string of the molecule is CN(C)C(=O)CCCS(=O)(=O)c1cnc2n1C(C)(Cc1ccc(Br)cc1)C(=O)N2c1cc(Cl)cc(Cl)c1. The van der Waals surface area contributed by atoms with Crippen LogP contribution >= 0.6 is 39.1 Å². The van der Waals surface area contributed by atoms with Gasteiger partial charge in [0.2, 0.25) is 11.9 Å². The Morgan fingerprint density at radius 1 is 1.11 bits per heavy atom. The molecule has 1 aliphatic rings. The minimum absolute atomic E-state index is 0.0802. The number of hydrogen-bond donors (Lipinski definition) is 0. The van der Waals surface area contributed by atoms with E-state index in [1.54, 1.807) is 39.2 Å². The molecular weight excluding hydrogens is 603 g/mol. The van der Waals surface area contributed by atoms with E-state index in [1.165, 1.54) is 20.6 Å². The first-order chi connectivity index (χ1) is 17.3. The molecule has 0 N–H and O–H groups in total. The highest BCUT2D eigenvalue weighted by atomic mass is 79.9. The average Bonchev–Trinajstić information content (AvgIpc) is 3.33. The predicted molar refractivity (Wildman–Crippen MR) is 147 cm³/mol. The lowest BCUT2D eigenvalue weighted by molar-refractivity contribution is -0.128. The van der Waals surface area contributed by atoms with Crippen LogP contribution in [0.5, 0.6) is 0 Å². The van der Waals surface area contributed by atoms with Crippen molar-refractivity contribution in [2.24, 2.45) is 0 Å². The number of nitrogens with zero attached hydrogens (tertiary/aromatic N) is 4. The number of benzene rings is 2. The molecule has 1 aromatic heterocycles. The predicted octanol–water partition coefficient (Wildman–Crippen LogP) is 5.23. The fourth-order valence-corrected chi connectivity index (χ4v) is 6.68. The van der Waals surface area contributed by atoms with Crippen molar-refractivity contribution in [2.75, 3.05) is 24.7 Å². The maximum absolute atomic E-state index is 14.0. The lowest BCUT2D eigenvalue weighted by atomic mass is 9.92. The van der Waals surface area contributed by atoms with Crippen molar-refractivity contribution in [1.82, 2.24) is 14.5 Å². The van der Waals surface area contributed by atoms with Crippen LogP contribution in [0.3, 0.4) is 0 Å². The Balaban J connectivity index is 1.80. The van der Waals surface area contributed by atoms with E-state index < -0.39 is 15.4 Å². The fourth-order valence-electron chi connectivity index (χ4n) is 4.39. The van der Waals surface area contributed by atoms with Gasteiger partial charge in [0, 0.05) is 41.5 Å². The fraction of sp³-hybridized carbons (Fsp3) is 0.320. The zero-order valence-corrected chi connectivity index (χ0v) is 24.3. The molecule has 0 saturated carbocycles. The standard InChI is InChI=1S/C25H25BrCl2N4O4S/c1-25(14-16-6-8-17(26)9-7-16)23(34)31(20-12-18(27)11-19(28)13-20)24-29-15-22(32(24)25)37(35,36)10-4-5-21(33)30(2)3/h6-9,11-13,15H,4-5,10,14H2,1-3H3. The number of carbonyl (C=O) groups is 2. The summed E-state index contributed by atoms with van der Waals surface area (Å²) in [7, 11) is -0.645. The molecule has 8 nitrogen and oxygen atoms in total. The zero-order valence-electron chi connectivity index (χ0n) is 20.4. The summed E-state index contributed by atoms with van der Waals surface area (Å²) in [4.78, 5) is 33.1. The highest BCUT2D eigenvalue weighted by Crippen LogP contribution is 2.44. The summed E-state index contributed by atoms with van der Waals surface area (Å²) in [6.45, 7) is 1.70. The third kappa shape index (κ3) is 5.43. The molecule has 2 heterocycles. The van der Waals surface area contributed by atoms with Gasteiger partial charge < -0.3 is 4.90 Å². The third-order valence-corrected chi connectivity index (χ3v) is 8.97. The number of amides is 2. The third-order valence-electron chi connectivity index (χ3n) is 6.26. The number of rotatable bonds is 8. The summed E-state index contributed by atoms with van der Waals surface area (Å²) in [6, 6.07) is 12.2. The number of sulfone groups is 1. The molecule has 3 aromatic rings. The summed E-state index contributed by atoms with van der Waals surface area (Å²) in [6.07, 6.45) is 1.72. The number of aromatic nitrogens is 2. The molecular formula is C25H25BrCl2N4O4S. The Kier molecular flexibility index (Phi) is 7.77. The number of carbonyl (C=O) groups excluding carboxylic acids is 2. The highest BCUT2D eigenvalue weighted by molar-refractivity contribution is 9.10. The molecule has 0 saturated heterocycles. The number of fused-ring (bicyclic) bond motifs is 1.